The largest absolute Gasteiger partial charge is 0.454 e. The second kappa shape index (κ2) is 7.41. The molecule has 0 saturated carbocycles. The first kappa shape index (κ1) is 16.4. The second-order valence-corrected chi connectivity index (χ2v) is 6.67. The highest BCUT2D eigenvalue weighted by atomic mass is 32.1. The zero-order valence-electron chi connectivity index (χ0n) is 13.8. The quantitative estimate of drug-likeness (QED) is 0.698. The Bertz CT molecular complexity index is 951. The Balaban J connectivity index is 1.36. The number of hydrogen-bond acceptors (Lipinski definition) is 5. The molecule has 0 atom stereocenters. The van der Waals surface area contributed by atoms with Crippen LogP contribution in [0.25, 0.3) is 16.5 Å². The number of thiophene rings is 1. The van der Waals surface area contributed by atoms with Crippen molar-refractivity contribution in [3.05, 3.63) is 71.4 Å². The minimum Gasteiger partial charge on any atom is -0.454 e. The van der Waals surface area contributed by atoms with Gasteiger partial charge in [-0.15, -0.1) is 11.3 Å². The number of carbonyl (C=O) groups is 1. The molecular weight excluding hydrogens is 348 g/mol. The van der Waals surface area contributed by atoms with Crippen molar-refractivity contribution >= 4 is 23.3 Å². The van der Waals surface area contributed by atoms with Crippen molar-refractivity contribution in [2.24, 2.45) is 0 Å². The fourth-order valence-electron chi connectivity index (χ4n) is 2.60. The Morgan fingerprint density at radius 1 is 1.19 bits per heavy atom. The summed E-state index contributed by atoms with van der Waals surface area (Å²) in [6.45, 7) is 0.665. The Labute approximate surface area is 154 Å². The van der Waals surface area contributed by atoms with Gasteiger partial charge in [-0.2, -0.15) is 0 Å². The van der Waals surface area contributed by atoms with Crippen molar-refractivity contribution in [2.75, 3.05) is 6.79 Å². The molecule has 0 bridgehead atoms. The van der Waals surface area contributed by atoms with E-state index in [1.807, 2.05) is 41.9 Å². The number of hydrogen-bond donors (Lipinski definition) is 1. The van der Waals surface area contributed by atoms with Crippen molar-refractivity contribution in [3.8, 4) is 21.9 Å². The predicted molar refractivity (Wildman–Crippen MR) is 101 cm³/mol. The zero-order chi connectivity index (χ0) is 17.8. The number of pyridine rings is 1. The standard InChI is InChI=1S/C20H16N2O3S/c23-20(6-4-14-3-5-17-18(9-14)25-13-24-17)22-11-15-8-16(12-21-10-15)19-2-1-7-26-19/h1-10,12H,11,13H2,(H,22,23)/b6-4+. The molecule has 0 saturated heterocycles. The number of rotatable bonds is 5. The van der Waals surface area contributed by atoms with Crippen LogP contribution < -0.4 is 14.8 Å². The predicted octanol–water partition coefficient (Wildman–Crippen LogP) is 3.87. The molecule has 26 heavy (non-hydrogen) atoms. The molecule has 2 aromatic heterocycles. The van der Waals surface area contributed by atoms with Crippen LogP contribution in [0, 0.1) is 0 Å². The summed E-state index contributed by atoms with van der Waals surface area (Å²) in [7, 11) is 0. The molecule has 3 heterocycles. The molecular formula is C20H16N2O3S. The van der Waals surface area contributed by atoms with Crippen LogP contribution in [0.15, 0.2) is 60.2 Å². The maximum Gasteiger partial charge on any atom is 0.244 e. The number of aromatic nitrogens is 1. The van der Waals surface area contributed by atoms with Gasteiger partial charge in [-0.05, 0) is 46.8 Å². The number of amides is 1. The number of nitrogens with zero attached hydrogens (tertiary/aromatic N) is 1. The fraction of sp³-hybridized carbons (Fsp3) is 0.100. The van der Waals surface area contributed by atoms with Crippen LogP contribution in [0.5, 0.6) is 11.5 Å². The Morgan fingerprint density at radius 2 is 2.12 bits per heavy atom. The molecule has 3 aromatic rings. The average molecular weight is 364 g/mol. The number of nitrogens with one attached hydrogen (secondary N) is 1. The first-order valence-corrected chi connectivity index (χ1v) is 8.99. The summed E-state index contributed by atoms with van der Waals surface area (Å²) in [5, 5.41) is 4.91. The van der Waals surface area contributed by atoms with Crippen molar-refractivity contribution in [1.29, 1.82) is 0 Å². The van der Waals surface area contributed by atoms with Crippen molar-refractivity contribution in [1.82, 2.24) is 10.3 Å². The topological polar surface area (TPSA) is 60.5 Å². The van der Waals surface area contributed by atoms with E-state index in [1.54, 1.807) is 23.6 Å². The van der Waals surface area contributed by atoms with E-state index in [0.29, 0.717) is 12.3 Å². The number of ether oxygens (including phenoxy) is 2. The molecule has 130 valence electrons. The molecule has 5 nitrogen and oxygen atoms in total. The third-order valence-electron chi connectivity index (χ3n) is 3.89. The van der Waals surface area contributed by atoms with Crippen LogP contribution in [0.1, 0.15) is 11.1 Å². The molecule has 1 N–H and O–H groups in total. The monoisotopic (exact) mass is 364 g/mol. The maximum absolute atomic E-state index is 12.1. The first-order chi connectivity index (χ1) is 12.8. The third-order valence-corrected chi connectivity index (χ3v) is 4.81. The lowest BCUT2D eigenvalue weighted by Crippen LogP contribution is -2.20. The minimum atomic E-state index is -0.163. The lowest BCUT2D eigenvalue weighted by atomic mass is 10.1. The summed E-state index contributed by atoms with van der Waals surface area (Å²) in [6, 6.07) is 11.7. The van der Waals surface area contributed by atoms with E-state index in [1.165, 1.54) is 6.08 Å². The number of carbonyl (C=O) groups excluding carboxylic acids is 1. The third kappa shape index (κ3) is 3.75. The molecule has 4 rings (SSSR count). The normalized spacial score (nSPS) is 12.5. The van der Waals surface area contributed by atoms with Crippen LogP contribution in [0.4, 0.5) is 0 Å². The molecule has 0 spiro atoms. The van der Waals surface area contributed by atoms with Crippen LogP contribution >= 0.6 is 11.3 Å². The molecule has 1 amide bonds. The highest BCUT2D eigenvalue weighted by Gasteiger charge is 2.12. The van der Waals surface area contributed by atoms with Crippen LogP contribution in [0.2, 0.25) is 0 Å². The SMILES string of the molecule is O=C(/C=C/c1ccc2c(c1)OCO2)NCc1cncc(-c2cccs2)c1. The molecule has 0 radical (unpaired) electrons. The average Bonchev–Trinajstić information content (AvgIpc) is 3.36. The van der Waals surface area contributed by atoms with Gasteiger partial charge in [0.2, 0.25) is 12.7 Å². The summed E-state index contributed by atoms with van der Waals surface area (Å²) in [4.78, 5) is 17.5. The van der Waals surface area contributed by atoms with E-state index in [9.17, 15) is 4.79 Å². The summed E-state index contributed by atoms with van der Waals surface area (Å²) >= 11 is 1.67. The van der Waals surface area contributed by atoms with E-state index >= 15 is 0 Å². The van der Waals surface area contributed by atoms with Crippen LogP contribution in [-0.2, 0) is 11.3 Å². The molecule has 0 unspecified atom stereocenters. The van der Waals surface area contributed by atoms with E-state index < -0.39 is 0 Å². The maximum atomic E-state index is 12.1. The molecule has 1 aromatic carbocycles. The summed E-state index contributed by atoms with van der Waals surface area (Å²) in [6.07, 6.45) is 6.85. The van der Waals surface area contributed by atoms with Gasteiger partial charge in [-0.25, -0.2) is 0 Å². The zero-order valence-corrected chi connectivity index (χ0v) is 14.7. The Morgan fingerprint density at radius 3 is 3.00 bits per heavy atom. The Kier molecular flexibility index (Phi) is 4.66. The highest BCUT2D eigenvalue weighted by molar-refractivity contribution is 7.13. The van der Waals surface area contributed by atoms with Gasteiger partial charge in [0, 0.05) is 35.5 Å². The number of fused-ring (bicyclic) bond motifs is 1. The Hall–Kier alpha value is -3.12. The molecule has 0 fully saturated rings. The lowest BCUT2D eigenvalue weighted by Gasteiger charge is -2.04. The van der Waals surface area contributed by atoms with Crippen molar-refractivity contribution in [3.63, 3.8) is 0 Å². The summed E-state index contributed by atoms with van der Waals surface area (Å²) in [5.74, 6) is 1.26. The van der Waals surface area contributed by atoms with Gasteiger partial charge in [-0.1, -0.05) is 12.1 Å². The second-order valence-electron chi connectivity index (χ2n) is 5.72. The van der Waals surface area contributed by atoms with Crippen LogP contribution in [-0.4, -0.2) is 17.7 Å². The molecule has 1 aliphatic rings. The molecule has 6 heteroatoms. The van der Waals surface area contributed by atoms with E-state index in [0.717, 1.165) is 27.3 Å². The highest BCUT2D eigenvalue weighted by Crippen LogP contribution is 2.32. The lowest BCUT2D eigenvalue weighted by molar-refractivity contribution is -0.116. The van der Waals surface area contributed by atoms with Gasteiger partial charge in [-0.3, -0.25) is 9.78 Å². The van der Waals surface area contributed by atoms with Gasteiger partial charge >= 0.3 is 0 Å². The fourth-order valence-corrected chi connectivity index (χ4v) is 3.31. The van der Waals surface area contributed by atoms with Gasteiger partial charge in [0.25, 0.3) is 0 Å². The minimum absolute atomic E-state index is 0.163. The smallest absolute Gasteiger partial charge is 0.244 e. The van der Waals surface area contributed by atoms with Gasteiger partial charge in [0.1, 0.15) is 0 Å². The first-order valence-electron chi connectivity index (χ1n) is 8.11. The van der Waals surface area contributed by atoms with E-state index in [2.05, 4.69) is 16.4 Å². The summed E-state index contributed by atoms with van der Waals surface area (Å²) < 4.78 is 10.6. The van der Waals surface area contributed by atoms with E-state index in [-0.39, 0.29) is 12.7 Å². The molecule has 0 aliphatic carbocycles. The van der Waals surface area contributed by atoms with Gasteiger partial charge in [0.05, 0.1) is 0 Å². The molecule has 1 aliphatic heterocycles. The van der Waals surface area contributed by atoms with Crippen LogP contribution in [0.3, 0.4) is 0 Å². The van der Waals surface area contributed by atoms with Crippen molar-refractivity contribution in [2.45, 2.75) is 6.54 Å². The number of benzene rings is 1. The summed E-state index contributed by atoms with van der Waals surface area (Å²) in [5.41, 5.74) is 2.90. The van der Waals surface area contributed by atoms with Gasteiger partial charge < -0.3 is 14.8 Å². The van der Waals surface area contributed by atoms with Gasteiger partial charge in [0.15, 0.2) is 11.5 Å². The van der Waals surface area contributed by atoms with E-state index in [4.69, 9.17) is 9.47 Å². The van der Waals surface area contributed by atoms with Crippen molar-refractivity contribution < 1.29 is 14.3 Å².